The third kappa shape index (κ3) is 3.64. The number of halogens is 1. The zero-order valence-electron chi connectivity index (χ0n) is 18.8. The van der Waals surface area contributed by atoms with Crippen molar-refractivity contribution in [3.8, 4) is 0 Å². The van der Waals surface area contributed by atoms with E-state index in [4.69, 9.17) is 11.6 Å². The minimum atomic E-state index is -1.15. The molecule has 168 valence electrons. The summed E-state index contributed by atoms with van der Waals surface area (Å²) >= 11 is 7.97. The second-order valence-electron chi connectivity index (χ2n) is 9.30. The van der Waals surface area contributed by atoms with Gasteiger partial charge in [0, 0.05) is 27.4 Å². The largest absolute Gasteiger partial charge is 0.310 e. The summed E-state index contributed by atoms with van der Waals surface area (Å²) in [5.74, 6) is -0.242. The number of nitrogens with zero attached hydrogens (tertiary/aromatic N) is 2. The third-order valence-corrected chi connectivity index (χ3v) is 8.05. The molecule has 0 N–H and O–H groups in total. The quantitative estimate of drug-likeness (QED) is 0.464. The lowest BCUT2D eigenvalue weighted by atomic mass is 10.0. The lowest BCUT2D eigenvalue weighted by molar-refractivity contribution is -0.123. The molecule has 6 heteroatoms. The molecule has 1 saturated heterocycles. The first kappa shape index (κ1) is 22.1. The Morgan fingerprint density at radius 2 is 1.73 bits per heavy atom. The van der Waals surface area contributed by atoms with Gasteiger partial charge in [-0.05, 0) is 56.7 Å². The van der Waals surface area contributed by atoms with Gasteiger partial charge < -0.3 is 9.80 Å². The molecule has 2 aliphatic rings. The molecule has 3 aromatic carbocycles. The Balaban J connectivity index is 1.65. The molecule has 2 amide bonds. The number of carbonyl (C=O) groups is 2. The molecule has 1 spiro atoms. The number of aryl methyl sites for hydroxylation is 1. The van der Waals surface area contributed by atoms with E-state index in [2.05, 4.69) is 13.8 Å². The molecular weight excluding hydrogens is 452 g/mol. The van der Waals surface area contributed by atoms with E-state index in [1.165, 1.54) is 0 Å². The standard InChI is InChI=1S/C27H25ClN2O2S/c1-18-9-11-20(12-10-18)24(31)30-17-26(2,3)33-27(30)22-15-21(28)13-14-23(22)29(25(27)32)16-19-7-5-4-6-8-19/h4-15H,16-17H2,1-3H3. The van der Waals surface area contributed by atoms with Gasteiger partial charge in [-0.25, -0.2) is 0 Å². The Labute approximate surface area is 203 Å². The van der Waals surface area contributed by atoms with Crippen molar-refractivity contribution in [1.29, 1.82) is 0 Å². The molecule has 33 heavy (non-hydrogen) atoms. The average Bonchev–Trinajstić information content (AvgIpc) is 3.20. The summed E-state index contributed by atoms with van der Waals surface area (Å²) in [7, 11) is 0. The maximum Gasteiger partial charge on any atom is 0.268 e. The van der Waals surface area contributed by atoms with E-state index in [0.717, 1.165) is 22.4 Å². The number of amides is 2. The molecule has 0 saturated carbocycles. The van der Waals surface area contributed by atoms with E-state index in [1.54, 1.807) is 21.6 Å². The highest BCUT2D eigenvalue weighted by atomic mass is 35.5. The van der Waals surface area contributed by atoms with Gasteiger partial charge in [0.15, 0.2) is 4.87 Å². The molecule has 1 unspecified atom stereocenters. The Hall–Kier alpha value is -2.76. The molecule has 1 atom stereocenters. The Morgan fingerprint density at radius 1 is 1.03 bits per heavy atom. The molecule has 0 aliphatic carbocycles. The zero-order chi connectivity index (χ0) is 23.4. The molecule has 0 bridgehead atoms. The Kier molecular flexibility index (Phi) is 5.30. The maximum atomic E-state index is 14.3. The van der Waals surface area contributed by atoms with E-state index < -0.39 is 4.87 Å². The van der Waals surface area contributed by atoms with Crippen LogP contribution in [0.2, 0.25) is 5.02 Å². The van der Waals surface area contributed by atoms with Gasteiger partial charge in [-0.15, -0.1) is 11.8 Å². The summed E-state index contributed by atoms with van der Waals surface area (Å²) in [6.07, 6.45) is 0. The van der Waals surface area contributed by atoms with Gasteiger partial charge in [-0.3, -0.25) is 9.59 Å². The second-order valence-corrected chi connectivity index (χ2v) is 11.6. The molecule has 2 heterocycles. The van der Waals surface area contributed by atoms with Crippen molar-refractivity contribution in [3.05, 3.63) is 100 Å². The van der Waals surface area contributed by atoms with E-state index in [0.29, 0.717) is 23.7 Å². The monoisotopic (exact) mass is 476 g/mol. The molecule has 4 nitrogen and oxygen atoms in total. The first-order valence-corrected chi connectivity index (χ1v) is 12.2. The van der Waals surface area contributed by atoms with Crippen molar-refractivity contribution < 1.29 is 9.59 Å². The Morgan fingerprint density at radius 3 is 2.42 bits per heavy atom. The third-order valence-electron chi connectivity index (χ3n) is 6.22. The number of carbonyl (C=O) groups excluding carboxylic acids is 2. The summed E-state index contributed by atoms with van der Waals surface area (Å²) in [6.45, 7) is 7.05. The van der Waals surface area contributed by atoms with E-state index in [1.807, 2.05) is 79.7 Å². The predicted molar refractivity (Wildman–Crippen MR) is 135 cm³/mol. The average molecular weight is 477 g/mol. The van der Waals surface area contributed by atoms with Crippen molar-refractivity contribution in [3.63, 3.8) is 0 Å². The molecule has 0 radical (unpaired) electrons. The number of thioether (sulfide) groups is 1. The summed E-state index contributed by atoms with van der Waals surface area (Å²) in [5, 5.41) is 0.551. The highest BCUT2D eigenvalue weighted by molar-refractivity contribution is 8.02. The topological polar surface area (TPSA) is 40.6 Å². The van der Waals surface area contributed by atoms with Crippen LogP contribution in [0.25, 0.3) is 0 Å². The predicted octanol–water partition coefficient (Wildman–Crippen LogP) is 6.02. The smallest absolute Gasteiger partial charge is 0.268 e. The summed E-state index contributed by atoms with van der Waals surface area (Å²) in [4.78, 5) is 30.5. The minimum Gasteiger partial charge on any atom is -0.310 e. The molecule has 0 aromatic heterocycles. The minimum absolute atomic E-state index is 0.0975. The van der Waals surface area contributed by atoms with Gasteiger partial charge in [0.1, 0.15) is 0 Å². The Bertz CT molecular complexity index is 1240. The fraction of sp³-hybridized carbons (Fsp3) is 0.259. The van der Waals surface area contributed by atoms with Gasteiger partial charge in [0.25, 0.3) is 11.8 Å². The van der Waals surface area contributed by atoms with Crippen LogP contribution >= 0.6 is 23.4 Å². The van der Waals surface area contributed by atoms with Gasteiger partial charge in [0.05, 0.1) is 12.2 Å². The second kappa shape index (κ2) is 7.93. The number of anilines is 1. The molecule has 2 aliphatic heterocycles. The van der Waals surface area contributed by atoms with Gasteiger partial charge >= 0.3 is 0 Å². The normalized spacial score (nSPS) is 21.0. The van der Waals surface area contributed by atoms with E-state index in [-0.39, 0.29) is 16.6 Å². The van der Waals surface area contributed by atoms with Crippen LogP contribution in [0.15, 0.2) is 72.8 Å². The van der Waals surface area contributed by atoms with Crippen LogP contribution in [-0.2, 0) is 16.2 Å². The fourth-order valence-electron chi connectivity index (χ4n) is 4.75. The van der Waals surface area contributed by atoms with Crippen LogP contribution < -0.4 is 4.90 Å². The molecule has 1 fully saturated rings. The number of rotatable bonds is 3. The first-order valence-electron chi connectivity index (χ1n) is 11.0. The van der Waals surface area contributed by atoms with Crippen LogP contribution in [0, 0.1) is 6.92 Å². The van der Waals surface area contributed by atoms with Crippen LogP contribution in [0.3, 0.4) is 0 Å². The molecular formula is C27H25ClN2O2S. The van der Waals surface area contributed by atoms with Gasteiger partial charge in [-0.2, -0.15) is 0 Å². The summed E-state index contributed by atoms with van der Waals surface area (Å²) in [6, 6.07) is 23.0. The van der Waals surface area contributed by atoms with Crippen molar-refractivity contribution in [2.24, 2.45) is 0 Å². The van der Waals surface area contributed by atoms with Gasteiger partial charge in [-0.1, -0.05) is 59.6 Å². The molecule has 3 aromatic rings. The van der Waals surface area contributed by atoms with E-state index in [9.17, 15) is 9.59 Å². The van der Waals surface area contributed by atoms with Crippen LogP contribution in [0.5, 0.6) is 0 Å². The number of hydrogen-bond donors (Lipinski definition) is 0. The van der Waals surface area contributed by atoms with Crippen LogP contribution in [0.1, 0.15) is 40.9 Å². The van der Waals surface area contributed by atoms with Crippen molar-refractivity contribution in [2.75, 3.05) is 11.4 Å². The van der Waals surface area contributed by atoms with Gasteiger partial charge in [0.2, 0.25) is 0 Å². The van der Waals surface area contributed by atoms with Crippen LogP contribution in [-0.4, -0.2) is 28.0 Å². The summed E-state index contributed by atoms with van der Waals surface area (Å²) in [5.41, 5.74) is 4.28. The van der Waals surface area contributed by atoms with Crippen molar-refractivity contribution >= 4 is 40.9 Å². The maximum absolute atomic E-state index is 14.3. The van der Waals surface area contributed by atoms with Crippen molar-refractivity contribution in [1.82, 2.24) is 4.90 Å². The van der Waals surface area contributed by atoms with E-state index >= 15 is 0 Å². The SMILES string of the molecule is Cc1ccc(C(=O)N2CC(C)(C)SC23C(=O)N(Cc2ccccc2)c2ccc(Cl)cc23)cc1. The zero-order valence-corrected chi connectivity index (χ0v) is 20.4. The van der Waals surface area contributed by atoms with Crippen LogP contribution in [0.4, 0.5) is 5.69 Å². The number of hydrogen-bond acceptors (Lipinski definition) is 3. The highest BCUT2D eigenvalue weighted by Gasteiger charge is 2.63. The first-order chi connectivity index (χ1) is 15.7. The lowest BCUT2D eigenvalue weighted by Gasteiger charge is -2.33. The summed E-state index contributed by atoms with van der Waals surface area (Å²) < 4.78 is -0.307. The number of fused-ring (bicyclic) bond motifs is 2. The molecule has 5 rings (SSSR count). The fourth-order valence-corrected chi connectivity index (χ4v) is 6.65. The number of benzene rings is 3. The lowest BCUT2D eigenvalue weighted by Crippen LogP contribution is -2.50. The highest BCUT2D eigenvalue weighted by Crippen LogP contribution is 2.60. The van der Waals surface area contributed by atoms with Crippen molar-refractivity contribution in [2.45, 2.75) is 36.9 Å².